The lowest BCUT2D eigenvalue weighted by Crippen LogP contribution is -2.21. The first-order valence-corrected chi connectivity index (χ1v) is 7.04. The van der Waals surface area contributed by atoms with Crippen LogP contribution in [-0.4, -0.2) is 45.8 Å². The molecule has 0 aliphatic rings. The topological polar surface area (TPSA) is 54.0 Å². The first-order chi connectivity index (χ1) is 9.51. The zero-order valence-corrected chi connectivity index (χ0v) is 13.1. The Labute approximate surface area is 122 Å². The standard InChI is InChI=1S/C15H28O5/c1-6-19-15(16)13(4)10-14(9-12(2)3)20-11-18-8-7-17-5/h12,14H,4,6-11H2,1-3,5H3/t14-/m0/s1. The molecule has 0 saturated carbocycles. The van der Waals surface area contributed by atoms with Crippen molar-refractivity contribution in [1.29, 1.82) is 0 Å². The number of hydrogen-bond donors (Lipinski definition) is 0. The number of carbonyl (C=O) groups excluding carboxylic acids is 1. The molecule has 0 fully saturated rings. The van der Waals surface area contributed by atoms with Crippen LogP contribution < -0.4 is 0 Å². The molecule has 0 radical (unpaired) electrons. The van der Waals surface area contributed by atoms with E-state index in [9.17, 15) is 4.79 Å². The van der Waals surface area contributed by atoms with Gasteiger partial charge in [0.25, 0.3) is 0 Å². The van der Waals surface area contributed by atoms with E-state index in [1.165, 1.54) is 0 Å². The van der Waals surface area contributed by atoms with Crippen LogP contribution in [0.25, 0.3) is 0 Å². The van der Waals surface area contributed by atoms with Crippen molar-refractivity contribution < 1.29 is 23.7 Å². The summed E-state index contributed by atoms with van der Waals surface area (Å²) in [5, 5.41) is 0. The van der Waals surface area contributed by atoms with Gasteiger partial charge in [0.05, 0.1) is 25.9 Å². The number of ether oxygens (including phenoxy) is 4. The number of rotatable bonds is 12. The van der Waals surface area contributed by atoms with Crippen molar-refractivity contribution in [2.24, 2.45) is 5.92 Å². The highest BCUT2D eigenvalue weighted by Gasteiger charge is 2.17. The van der Waals surface area contributed by atoms with Gasteiger partial charge in [-0.25, -0.2) is 4.79 Å². The largest absolute Gasteiger partial charge is 0.463 e. The number of carbonyl (C=O) groups is 1. The second-order valence-corrected chi connectivity index (χ2v) is 4.97. The van der Waals surface area contributed by atoms with E-state index in [4.69, 9.17) is 18.9 Å². The molecule has 0 aromatic rings. The molecule has 0 aliphatic carbocycles. The van der Waals surface area contributed by atoms with Gasteiger partial charge in [0.15, 0.2) is 0 Å². The van der Waals surface area contributed by atoms with E-state index < -0.39 is 0 Å². The fraction of sp³-hybridized carbons (Fsp3) is 0.800. The van der Waals surface area contributed by atoms with E-state index in [0.717, 1.165) is 6.42 Å². The average molecular weight is 288 g/mol. The number of methoxy groups -OCH3 is 1. The minimum Gasteiger partial charge on any atom is -0.463 e. The first-order valence-electron chi connectivity index (χ1n) is 7.04. The van der Waals surface area contributed by atoms with Gasteiger partial charge < -0.3 is 18.9 Å². The zero-order chi connectivity index (χ0) is 15.4. The molecule has 0 bridgehead atoms. The fourth-order valence-corrected chi connectivity index (χ4v) is 1.67. The minimum atomic E-state index is -0.356. The molecule has 0 saturated heterocycles. The Morgan fingerprint density at radius 3 is 2.50 bits per heavy atom. The maximum Gasteiger partial charge on any atom is 0.333 e. The normalized spacial score (nSPS) is 12.4. The Bertz CT molecular complexity index is 275. The molecule has 5 heteroatoms. The highest BCUT2D eigenvalue weighted by Crippen LogP contribution is 2.16. The average Bonchev–Trinajstić information content (AvgIpc) is 2.37. The van der Waals surface area contributed by atoms with Crippen LogP contribution in [0.1, 0.15) is 33.6 Å². The Hall–Kier alpha value is -0.910. The Morgan fingerprint density at radius 1 is 1.25 bits per heavy atom. The summed E-state index contributed by atoms with van der Waals surface area (Å²) in [7, 11) is 1.62. The monoisotopic (exact) mass is 288 g/mol. The summed E-state index contributed by atoms with van der Waals surface area (Å²) in [5.74, 6) is 0.110. The molecule has 118 valence electrons. The molecule has 0 N–H and O–H groups in total. The predicted molar refractivity (Wildman–Crippen MR) is 77.4 cm³/mol. The molecular formula is C15H28O5. The van der Waals surface area contributed by atoms with Crippen molar-refractivity contribution in [2.75, 3.05) is 33.7 Å². The van der Waals surface area contributed by atoms with Crippen LogP contribution in [-0.2, 0) is 23.7 Å². The van der Waals surface area contributed by atoms with Gasteiger partial charge in [-0.1, -0.05) is 20.4 Å². The summed E-state index contributed by atoms with van der Waals surface area (Å²) in [5.41, 5.74) is 0.439. The Morgan fingerprint density at radius 2 is 1.95 bits per heavy atom. The van der Waals surface area contributed by atoms with Crippen LogP contribution in [0.5, 0.6) is 0 Å². The summed E-state index contributed by atoms with van der Waals surface area (Å²) in [6.45, 7) is 11.3. The van der Waals surface area contributed by atoms with Gasteiger partial charge in [0, 0.05) is 19.1 Å². The lowest BCUT2D eigenvalue weighted by molar-refractivity contribution is -0.140. The third kappa shape index (κ3) is 9.95. The molecular weight excluding hydrogens is 260 g/mol. The maximum atomic E-state index is 11.6. The molecule has 5 nitrogen and oxygen atoms in total. The fourth-order valence-electron chi connectivity index (χ4n) is 1.67. The summed E-state index contributed by atoms with van der Waals surface area (Å²) >= 11 is 0. The van der Waals surface area contributed by atoms with Gasteiger partial charge in [-0.05, 0) is 19.3 Å². The third-order valence-electron chi connectivity index (χ3n) is 2.59. The molecule has 0 amide bonds. The lowest BCUT2D eigenvalue weighted by atomic mass is 10.0. The zero-order valence-electron chi connectivity index (χ0n) is 13.1. The van der Waals surface area contributed by atoms with Gasteiger partial charge in [-0.2, -0.15) is 0 Å². The van der Waals surface area contributed by atoms with E-state index in [2.05, 4.69) is 20.4 Å². The summed E-state index contributed by atoms with van der Waals surface area (Å²) < 4.78 is 20.7. The van der Waals surface area contributed by atoms with Crippen molar-refractivity contribution in [3.63, 3.8) is 0 Å². The lowest BCUT2D eigenvalue weighted by Gasteiger charge is -2.20. The van der Waals surface area contributed by atoms with Crippen molar-refractivity contribution in [3.8, 4) is 0 Å². The summed E-state index contributed by atoms with van der Waals surface area (Å²) in [6.07, 6.45) is 1.21. The van der Waals surface area contributed by atoms with Crippen LogP contribution in [0.4, 0.5) is 0 Å². The molecule has 0 unspecified atom stereocenters. The second-order valence-electron chi connectivity index (χ2n) is 4.97. The smallest absolute Gasteiger partial charge is 0.333 e. The van der Waals surface area contributed by atoms with Gasteiger partial charge in [0.2, 0.25) is 0 Å². The molecule has 0 aliphatic heterocycles. The van der Waals surface area contributed by atoms with Crippen LogP contribution in [0, 0.1) is 5.92 Å². The van der Waals surface area contributed by atoms with E-state index in [0.29, 0.717) is 37.7 Å². The second kappa shape index (κ2) is 11.9. The van der Waals surface area contributed by atoms with E-state index in [-0.39, 0.29) is 18.9 Å². The van der Waals surface area contributed by atoms with Crippen molar-refractivity contribution in [1.82, 2.24) is 0 Å². The molecule has 0 rings (SSSR count). The Balaban J connectivity index is 4.13. The van der Waals surface area contributed by atoms with Crippen LogP contribution >= 0.6 is 0 Å². The summed E-state index contributed by atoms with van der Waals surface area (Å²) in [6, 6.07) is 0. The highest BCUT2D eigenvalue weighted by molar-refractivity contribution is 5.87. The van der Waals surface area contributed by atoms with Gasteiger partial charge in [-0.3, -0.25) is 0 Å². The first kappa shape index (κ1) is 19.1. The molecule has 0 heterocycles. The highest BCUT2D eigenvalue weighted by atomic mass is 16.7. The molecule has 0 spiro atoms. The third-order valence-corrected chi connectivity index (χ3v) is 2.59. The molecule has 0 aromatic heterocycles. The van der Waals surface area contributed by atoms with Crippen LogP contribution in [0.3, 0.4) is 0 Å². The quantitative estimate of drug-likeness (QED) is 0.239. The molecule has 20 heavy (non-hydrogen) atoms. The number of esters is 1. The molecule has 0 aromatic carbocycles. The van der Waals surface area contributed by atoms with Crippen molar-refractivity contribution in [2.45, 2.75) is 39.7 Å². The summed E-state index contributed by atoms with van der Waals surface area (Å²) in [4.78, 5) is 11.6. The van der Waals surface area contributed by atoms with Crippen LogP contribution in [0.2, 0.25) is 0 Å². The van der Waals surface area contributed by atoms with Crippen molar-refractivity contribution >= 4 is 5.97 Å². The van der Waals surface area contributed by atoms with Crippen molar-refractivity contribution in [3.05, 3.63) is 12.2 Å². The molecule has 1 atom stereocenters. The Kier molecular flexibility index (Phi) is 11.3. The predicted octanol–water partition coefficient (Wildman–Crippen LogP) is 2.55. The van der Waals surface area contributed by atoms with Gasteiger partial charge in [0.1, 0.15) is 6.79 Å². The van der Waals surface area contributed by atoms with E-state index in [1.807, 2.05) is 0 Å². The minimum absolute atomic E-state index is 0.0885. The van der Waals surface area contributed by atoms with Gasteiger partial charge >= 0.3 is 5.97 Å². The number of hydrogen-bond acceptors (Lipinski definition) is 5. The SMILES string of the molecule is C=C(C[C@H](CC(C)C)OCOCCOC)C(=O)OCC. The van der Waals surface area contributed by atoms with Crippen LogP contribution in [0.15, 0.2) is 12.2 Å². The maximum absolute atomic E-state index is 11.6. The van der Waals surface area contributed by atoms with E-state index >= 15 is 0 Å². The van der Waals surface area contributed by atoms with E-state index in [1.54, 1.807) is 14.0 Å². The van der Waals surface area contributed by atoms with Gasteiger partial charge in [-0.15, -0.1) is 0 Å².